The Balaban J connectivity index is 1.59. The lowest BCUT2D eigenvalue weighted by Crippen LogP contribution is -2.20. The van der Waals surface area contributed by atoms with Gasteiger partial charge in [-0.2, -0.15) is 4.68 Å². The van der Waals surface area contributed by atoms with Crippen LogP contribution in [-0.2, 0) is 10.2 Å². The lowest BCUT2D eigenvalue weighted by Gasteiger charge is -2.19. The molecule has 3 rings (SSSR count). The summed E-state index contributed by atoms with van der Waals surface area (Å²) in [7, 11) is 0. The Morgan fingerprint density at radius 3 is 2.52 bits per heavy atom. The third-order valence-corrected chi connectivity index (χ3v) is 4.09. The van der Waals surface area contributed by atoms with E-state index in [1.165, 1.54) is 5.56 Å². The molecule has 27 heavy (non-hydrogen) atoms. The van der Waals surface area contributed by atoms with Crippen LogP contribution in [0.1, 0.15) is 32.2 Å². The quantitative estimate of drug-likeness (QED) is 0.750. The van der Waals surface area contributed by atoms with E-state index < -0.39 is 0 Å². The van der Waals surface area contributed by atoms with Gasteiger partial charge in [-0.15, -0.1) is 5.10 Å². The van der Waals surface area contributed by atoms with Crippen molar-refractivity contribution in [3.8, 4) is 11.4 Å². The number of anilines is 1. The Hall–Kier alpha value is -3.22. The van der Waals surface area contributed by atoms with Crippen LogP contribution < -0.4 is 10.1 Å². The fraction of sp³-hybridized carbons (Fsp3) is 0.300. The molecule has 0 spiro atoms. The van der Waals surface area contributed by atoms with Crippen LogP contribution in [0.4, 0.5) is 5.69 Å². The number of rotatable bonds is 5. The normalized spacial score (nSPS) is 11.3. The Labute approximate surface area is 158 Å². The van der Waals surface area contributed by atoms with Crippen LogP contribution in [0.3, 0.4) is 0 Å². The van der Waals surface area contributed by atoms with Crippen molar-refractivity contribution in [3.63, 3.8) is 0 Å². The molecule has 1 heterocycles. The van der Waals surface area contributed by atoms with Gasteiger partial charge in [0.25, 0.3) is 5.91 Å². The number of amides is 1. The molecule has 0 aliphatic rings. The molecule has 0 radical (unpaired) electrons. The Kier molecular flexibility index (Phi) is 5.21. The standard InChI is InChI=1S/C20H23N5O2/c1-14-22-23-24-25(14)17-7-5-6-16(12-17)21-19(26)13-27-18-10-8-15(9-11-18)20(2,3)4/h5-12H,13H2,1-4H3,(H,21,26). The molecule has 140 valence electrons. The second kappa shape index (κ2) is 7.57. The Morgan fingerprint density at radius 2 is 1.89 bits per heavy atom. The van der Waals surface area contributed by atoms with Crippen LogP contribution in [0.5, 0.6) is 5.75 Å². The van der Waals surface area contributed by atoms with Crippen LogP contribution in [-0.4, -0.2) is 32.7 Å². The van der Waals surface area contributed by atoms with E-state index in [1.54, 1.807) is 16.8 Å². The first-order valence-corrected chi connectivity index (χ1v) is 8.71. The molecule has 0 saturated carbocycles. The molecule has 0 bridgehead atoms. The highest BCUT2D eigenvalue weighted by Gasteiger charge is 2.13. The number of aromatic nitrogens is 4. The van der Waals surface area contributed by atoms with Gasteiger partial charge in [-0.05, 0) is 58.7 Å². The molecule has 0 atom stereocenters. The monoisotopic (exact) mass is 365 g/mol. The van der Waals surface area contributed by atoms with Gasteiger partial charge < -0.3 is 10.1 Å². The van der Waals surface area contributed by atoms with Crippen LogP contribution in [0, 0.1) is 6.92 Å². The van der Waals surface area contributed by atoms with Crippen molar-refractivity contribution < 1.29 is 9.53 Å². The predicted octanol–water partition coefficient (Wildman–Crippen LogP) is 3.29. The number of benzene rings is 2. The van der Waals surface area contributed by atoms with Gasteiger partial charge in [-0.25, -0.2) is 0 Å². The van der Waals surface area contributed by atoms with Crippen molar-refractivity contribution in [2.24, 2.45) is 0 Å². The molecule has 7 heteroatoms. The molecule has 1 N–H and O–H groups in total. The summed E-state index contributed by atoms with van der Waals surface area (Å²) in [6.07, 6.45) is 0. The molecule has 0 aliphatic heterocycles. The van der Waals surface area contributed by atoms with E-state index in [0.29, 0.717) is 17.3 Å². The number of hydrogen-bond acceptors (Lipinski definition) is 5. The Bertz CT molecular complexity index is 926. The van der Waals surface area contributed by atoms with E-state index in [4.69, 9.17) is 4.74 Å². The molecule has 2 aromatic carbocycles. The van der Waals surface area contributed by atoms with Gasteiger partial charge in [-0.3, -0.25) is 4.79 Å². The zero-order valence-corrected chi connectivity index (χ0v) is 15.9. The summed E-state index contributed by atoms with van der Waals surface area (Å²) in [4.78, 5) is 12.2. The number of hydrogen-bond donors (Lipinski definition) is 1. The summed E-state index contributed by atoms with van der Waals surface area (Å²) in [5, 5.41) is 14.2. The molecule has 0 saturated heterocycles. The predicted molar refractivity (Wildman–Crippen MR) is 103 cm³/mol. The highest BCUT2D eigenvalue weighted by Crippen LogP contribution is 2.24. The topological polar surface area (TPSA) is 81.9 Å². The SMILES string of the molecule is Cc1nnnn1-c1cccc(NC(=O)COc2ccc(C(C)(C)C)cc2)c1. The molecule has 1 amide bonds. The molecule has 0 fully saturated rings. The largest absolute Gasteiger partial charge is 0.484 e. The van der Waals surface area contributed by atoms with Gasteiger partial charge in [0.05, 0.1) is 5.69 Å². The number of tetrazole rings is 1. The van der Waals surface area contributed by atoms with Crippen LogP contribution >= 0.6 is 0 Å². The smallest absolute Gasteiger partial charge is 0.262 e. The summed E-state index contributed by atoms with van der Waals surface area (Å²) in [6.45, 7) is 8.21. The molecule has 7 nitrogen and oxygen atoms in total. The average molecular weight is 365 g/mol. The lowest BCUT2D eigenvalue weighted by molar-refractivity contribution is -0.118. The number of nitrogens with one attached hydrogen (secondary N) is 1. The highest BCUT2D eigenvalue weighted by atomic mass is 16.5. The summed E-state index contributed by atoms with van der Waals surface area (Å²) in [5.74, 6) is 1.09. The van der Waals surface area contributed by atoms with Gasteiger partial charge in [0.1, 0.15) is 5.75 Å². The van der Waals surface area contributed by atoms with E-state index in [1.807, 2.05) is 43.3 Å². The molecule has 3 aromatic rings. The number of nitrogens with zero attached hydrogens (tertiary/aromatic N) is 4. The van der Waals surface area contributed by atoms with Gasteiger partial charge >= 0.3 is 0 Å². The lowest BCUT2D eigenvalue weighted by atomic mass is 9.87. The summed E-state index contributed by atoms with van der Waals surface area (Å²) >= 11 is 0. The molecule has 1 aromatic heterocycles. The highest BCUT2D eigenvalue weighted by molar-refractivity contribution is 5.92. The fourth-order valence-electron chi connectivity index (χ4n) is 2.58. The first-order chi connectivity index (χ1) is 12.8. The van der Waals surface area contributed by atoms with E-state index in [0.717, 1.165) is 5.69 Å². The number of carbonyl (C=O) groups is 1. The van der Waals surface area contributed by atoms with Crippen molar-refractivity contribution in [2.75, 3.05) is 11.9 Å². The van der Waals surface area contributed by atoms with Crippen LogP contribution in [0.2, 0.25) is 0 Å². The zero-order chi connectivity index (χ0) is 19.4. The van der Waals surface area contributed by atoms with Gasteiger partial charge in [-0.1, -0.05) is 39.0 Å². The molecular formula is C20H23N5O2. The van der Waals surface area contributed by atoms with E-state index in [-0.39, 0.29) is 17.9 Å². The van der Waals surface area contributed by atoms with E-state index in [9.17, 15) is 4.79 Å². The minimum absolute atomic E-state index is 0.0665. The van der Waals surface area contributed by atoms with E-state index >= 15 is 0 Å². The van der Waals surface area contributed by atoms with Gasteiger partial charge in [0, 0.05) is 5.69 Å². The number of aryl methyl sites for hydroxylation is 1. The van der Waals surface area contributed by atoms with Gasteiger partial charge in [0.2, 0.25) is 0 Å². The van der Waals surface area contributed by atoms with E-state index in [2.05, 4.69) is 41.6 Å². The van der Waals surface area contributed by atoms with Crippen molar-refractivity contribution >= 4 is 11.6 Å². The van der Waals surface area contributed by atoms with Crippen LogP contribution in [0.15, 0.2) is 48.5 Å². The molecule has 0 unspecified atom stereocenters. The maximum atomic E-state index is 12.2. The third-order valence-electron chi connectivity index (χ3n) is 4.09. The van der Waals surface area contributed by atoms with Gasteiger partial charge in [0.15, 0.2) is 12.4 Å². The van der Waals surface area contributed by atoms with Crippen molar-refractivity contribution in [1.82, 2.24) is 20.2 Å². The zero-order valence-electron chi connectivity index (χ0n) is 15.9. The maximum absolute atomic E-state index is 12.2. The van der Waals surface area contributed by atoms with Crippen molar-refractivity contribution in [1.29, 1.82) is 0 Å². The second-order valence-corrected chi connectivity index (χ2v) is 7.30. The van der Waals surface area contributed by atoms with Crippen molar-refractivity contribution in [3.05, 3.63) is 59.9 Å². The Morgan fingerprint density at radius 1 is 1.15 bits per heavy atom. The maximum Gasteiger partial charge on any atom is 0.262 e. The number of carbonyl (C=O) groups excluding carboxylic acids is 1. The second-order valence-electron chi connectivity index (χ2n) is 7.30. The third kappa shape index (κ3) is 4.69. The fourth-order valence-corrected chi connectivity index (χ4v) is 2.58. The average Bonchev–Trinajstić information content (AvgIpc) is 3.06. The van der Waals surface area contributed by atoms with Crippen molar-refractivity contribution in [2.45, 2.75) is 33.1 Å². The molecular weight excluding hydrogens is 342 g/mol. The summed E-state index contributed by atoms with van der Waals surface area (Å²) in [5.41, 5.74) is 2.72. The number of ether oxygens (including phenoxy) is 1. The summed E-state index contributed by atoms with van der Waals surface area (Å²) in [6, 6.07) is 15.1. The first kappa shape index (κ1) is 18.6. The summed E-state index contributed by atoms with van der Waals surface area (Å²) < 4.78 is 7.18. The minimum atomic E-state index is -0.236. The molecule has 0 aliphatic carbocycles. The minimum Gasteiger partial charge on any atom is -0.484 e. The first-order valence-electron chi connectivity index (χ1n) is 8.71. The van der Waals surface area contributed by atoms with Crippen LogP contribution in [0.25, 0.3) is 5.69 Å².